The predicted molar refractivity (Wildman–Crippen MR) is 120 cm³/mol. The molecule has 0 atom stereocenters. The molecule has 3 aromatic carbocycles. The van der Waals surface area contributed by atoms with E-state index < -0.39 is 0 Å². The molecule has 0 spiro atoms. The molecule has 0 aliphatic heterocycles. The molecule has 0 fully saturated rings. The van der Waals surface area contributed by atoms with E-state index in [0.717, 1.165) is 11.1 Å². The lowest BCUT2D eigenvalue weighted by Crippen LogP contribution is -2.03. The SMILES string of the molecule is CCOc1cc(/C=N\OCc2ccccc2C#N)cc(Br)c1OCc1ccccc1F. The Kier molecular flexibility index (Phi) is 8.02. The molecule has 3 rings (SSSR count). The summed E-state index contributed by atoms with van der Waals surface area (Å²) in [5.41, 5.74) is 2.49. The summed E-state index contributed by atoms with van der Waals surface area (Å²) >= 11 is 3.49. The van der Waals surface area contributed by atoms with Gasteiger partial charge in [-0.15, -0.1) is 0 Å². The normalized spacial score (nSPS) is 10.6. The van der Waals surface area contributed by atoms with Crippen LogP contribution in [0.25, 0.3) is 0 Å². The highest BCUT2D eigenvalue weighted by Crippen LogP contribution is 2.37. The summed E-state index contributed by atoms with van der Waals surface area (Å²) in [4.78, 5) is 5.34. The molecule has 0 radical (unpaired) electrons. The Hall–Kier alpha value is -3.37. The quantitative estimate of drug-likeness (QED) is 0.277. The van der Waals surface area contributed by atoms with Gasteiger partial charge in [0, 0.05) is 16.7 Å². The Morgan fingerprint density at radius 2 is 1.77 bits per heavy atom. The number of oxime groups is 1. The van der Waals surface area contributed by atoms with Gasteiger partial charge in [-0.05, 0) is 47.1 Å². The molecule has 0 unspecified atom stereocenters. The zero-order valence-corrected chi connectivity index (χ0v) is 18.4. The summed E-state index contributed by atoms with van der Waals surface area (Å²) in [6.45, 7) is 2.55. The lowest BCUT2D eigenvalue weighted by molar-refractivity contribution is 0.132. The van der Waals surface area contributed by atoms with Crippen molar-refractivity contribution in [3.05, 3.63) is 93.2 Å². The van der Waals surface area contributed by atoms with Gasteiger partial charge in [0.05, 0.1) is 28.9 Å². The highest BCUT2D eigenvalue weighted by molar-refractivity contribution is 9.10. The van der Waals surface area contributed by atoms with Gasteiger partial charge in [-0.1, -0.05) is 41.6 Å². The third-order valence-corrected chi connectivity index (χ3v) is 4.88. The topological polar surface area (TPSA) is 63.8 Å². The molecule has 0 aliphatic rings. The van der Waals surface area contributed by atoms with Crippen LogP contribution in [0.15, 0.2) is 70.3 Å². The van der Waals surface area contributed by atoms with E-state index in [1.54, 1.807) is 48.7 Å². The Balaban J connectivity index is 1.71. The number of rotatable bonds is 9. The molecule has 0 aromatic heterocycles. The lowest BCUT2D eigenvalue weighted by atomic mass is 10.1. The summed E-state index contributed by atoms with van der Waals surface area (Å²) in [6.07, 6.45) is 1.54. The van der Waals surface area contributed by atoms with Crippen molar-refractivity contribution in [2.45, 2.75) is 20.1 Å². The van der Waals surface area contributed by atoms with Gasteiger partial charge < -0.3 is 14.3 Å². The van der Waals surface area contributed by atoms with Crippen LogP contribution < -0.4 is 9.47 Å². The standard InChI is InChI=1S/C24H20BrFN2O3/c1-2-29-23-12-17(14-28-31-16-19-8-4-3-7-18(19)13-27)11-21(25)24(23)30-15-20-9-5-6-10-22(20)26/h3-12,14H,2,15-16H2,1H3/b28-14-. The first-order valence-corrected chi connectivity index (χ1v) is 10.4. The van der Waals surface area contributed by atoms with E-state index in [1.165, 1.54) is 6.07 Å². The maximum atomic E-state index is 13.9. The van der Waals surface area contributed by atoms with Gasteiger partial charge in [-0.3, -0.25) is 0 Å². The highest BCUT2D eigenvalue weighted by Gasteiger charge is 2.13. The number of halogens is 2. The molecule has 0 amide bonds. The molecule has 0 saturated heterocycles. The number of benzene rings is 3. The van der Waals surface area contributed by atoms with Crippen LogP contribution in [0.2, 0.25) is 0 Å². The van der Waals surface area contributed by atoms with Crippen molar-refractivity contribution < 1.29 is 18.7 Å². The van der Waals surface area contributed by atoms with E-state index in [-0.39, 0.29) is 19.0 Å². The Morgan fingerprint density at radius 1 is 1.03 bits per heavy atom. The predicted octanol–water partition coefficient (Wildman–Crippen LogP) is 5.99. The van der Waals surface area contributed by atoms with Crippen LogP contribution in [-0.4, -0.2) is 12.8 Å². The number of nitrogens with zero attached hydrogens (tertiary/aromatic N) is 2. The average molecular weight is 483 g/mol. The highest BCUT2D eigenvalue weighted by atomic mass is 79.9. The molecule has 0 heterocycles. The van der Waals surface area contributed by atoms with E-state index in [4.69, 9.17) is 19.6 Å². The van der Waals surface area contributed by atoms with Gasteiger partial charge in [-0.25, -0.2) is 4.39 Å². The first-order chi connectivity index (χ1) is 15.1. The summed E-state index contributed by atoms with van der Waals surface area (Å²) in [5, 5.41) is 13.1. The molecular weight excluding hydrogens is 463 g/mol. The fraction of sp³-hybridized carbons (Fsp3) is 0.167. The van der Waals surface area contributed by atoms with Crippen LogP contribution in [0.1, 0.15) is 29.2 Å². The molecule has 3 aromatic rings. The minimum Gasteiger partial charge on any atom is -0.490 e. The summed E-state index contributed by atoms with van der Waals surface area (Å²) in [6, 6.07) is 19.3. The lowest BCUT2D eigenvalue weighted by Gasteiger charge is -2.15. The fourth-order valence-corrected chi connectivity index (χ4v) is 3.37. The van der Waals surface area contributed by atoms with E-state index in [0.29, 0.717) is 33.7 Å². The van der Waals surface area contributed by atoms with Gasteiger partial charge in [0.15, 0.2) is 11.5 Å². The van der Waals surface area contributed by atoms with E-state index in [2.05, 4.69) is 27.2 Å². The average Bonchev–Trinajstić information content (AvgIpc) is 2.77. The number of ether oxygens (including phenoxy) is 2. The third kappa shape index (κ3) is 6.06. The van der Waals surface area contributed by atoms with Gasteiger partial charge in [-0.2, -0.15) is 5.26 Å². The Labute approximate surface area is 188 Å². The molecule has 0 aliphatic carbocycles. The summed E-state index contributed by atoms with van der Waals surface area (Å²) in [7, 11) is 0. The maximum Gasteiger partial charge on any atom is 0.175 e. The molecule has 0 saturated carbocycles. The largest absolute Gasteiger partial charge is 0.490 e. The molecule has 31 heavy (non-hydrogen) atoms. The van der Waals surface area contributed by atoms with Crippen LogP contribution in [-0.2, 0) is 18.1 Å². The van der Waals surface area contributed by atoms with Crippen LogP contribution in [0, 0.1) is 17.1 Å². The van der Waals surface area contributed by atoms with E-state index in [1.807, 2.05) is 19.1 Å². The van der Waals surface area contributed by atoms with E-state index >= 15 is 0 Å². The smallest absolute Gasteiger partial charge is 0.175 e. The molecule has 0 N–H and O–H groups in total. The third-order valence-electron chi connectivity index (χ3n) is 4.30. The van der Waals surface area contributed by atoms with Crippen molar-refractivity contribution in [1.82, 2.24) is 0 Å². The Morgan fingerprint density at radius 3 is 2.52 bits per heavy atom. The minimum atomic E-state index is -0.324. The maximum absolute atomic E-state index is 13.9. The van der Waals surface area contributed by atoms with Crippen molar-refractivity contribution in [1.29, 1.82) is 5.26 Å². The van der Waals surface area contributed by atoms with Gasteiger partial charge in [0.2, 0.25) is 0 Å². The fourth-order valence-electron chi connectivity index (χ4n) is 2.79. The minimum absolute atomic E-state index is 0.0696. The first-order valence-electron chi connectivity index (χ1n) is 9.58. The van der Waals surface area contributed by atoms with Crippen molar-refractivity contribution in [3.63, 3.8) is 0 Å². The van der Waals surface area contributed by atoms with Crippen LogP contribution >= 0.6 is 15.9 Å². The van der Waals surface area contributed by atoms with Gasteiger partial charge >= 0.3 is 0 Å². The van der Waals surface area contributed by atoms with Crippen LogP contribution in [0.5, 0.6) is 11.5 Å². The summed E-state index contributed by atoms with van der Waals surface area (Å²) in [5.74, 6) is 0.658. The van der Waals surface area contributed by atoms with Crippen LogP contribution in [0.4, 0.5) is 4.39 Å². The monoisotopic (exact) mass is 482 g/mol. The molecular formula is C24H20BrFN2O3. The molecule has 5 nitrogen and oxygen atoms in total. The molecule has 7 heteroatoms. The Bertz CT molecular complexity index is 1110. The zero-order chi connectivity index (χ0) is 22.1. The number of nitriles is 1. The first kappa shape index (κ1) is 22.3. The second-order valence-electron chi connectivity index (χ2n) is 6.42. The number of hydrogen-bond donors (Lipinski definition) is 0. The van der Waals surface area contributed by atoms with Crippen molar-refractivity contribution in [2.75, 3.05) is 6.61 Å². The summed E-state index contributed by atoms with van der Waals surface area (Å²) < 4.78 is 26.1. The van der Waals surface area contributed by atoms with Crippen LogP contribution in [0.3, 0.4) is 0 Å². The van der Waals surface area contributed by atoms with E-state index in [9.17, 15) is 4.39 Å². The zero-order valence-electron chi connectivity index (χ0n) is 16.8. The van der Waals surface area contributed by atoms with Crippen molar-refractivity contribution in [3.8, 4) is 17.6 Å². The molecule has 0 bridgehead atoms. The second kappa shape index (κ2) is 11.1. The van der Waals surface area contributed by atoms with Crippen molar-refractivity contribution in [2.24, 2.45) is 5.16 Å². The molecule has 158 valence electrons. The second-order valence-corrected chi connectivity index (χ2v) is 7.27. The number of hydrogen-bond acceptors (Lipinski definition) is 5. The van der Waals surface area contributed by atoms with Gasteiger partial charge in [0.1, 0.15) is 19.0 Å². The van der Waals surface area contributed by atoms with Crippen molar-refractivity contribution >= 4 is 22.1 Å². The van der Waals surface area contributed by atoms with Gasteiger partial charge in [0.25, 0.3) is 0 Å².